The zero-order valence-electron chi connectivity index (χ0n) is 10.4. The van der Waals surface area contributed by atoms with Crippen molar-refractivity contribution in [1.29, 1.82) is 0 Å². The molecule has 2 rings (SSSR count). The normalized spacial score (nSPS) is 10.4. The van der Waals surface area contributed by atoms with Crippen molar-refractivity contribution in [1.82, 2.24) is 20.1 Å². The number of hydrogen-bond acceptors (Lipinski definition) is 6. The van der Waals surface area contributed by atoms with Gasteiger partial charge in [0.05, 0.1) is 10.6 Å². The average Bonchev–Trinajstić information content (AvgIpc) is 3.00. The lowest BCUT2D eigenvalue weighted by Crippen LogP contribution is -2.31. The largest absolute Gasteiger partial charge is 0.309 e. The number of thiophene rings is 1. The third-order valence-electron chi connectivity index (χ3n) is 2.38. The molecular formula is C11H12N4O2S2. The van der Waals surface area contributed by atoms with Crippen molar-refractivity contribution < 1.29 is 9.59 Å². The zero-order chi connectivity index (χ0) is 13.8. The lowest BCUT2D eigenvalue weighted by Gasteiger charge is -2.02. The smallest absolute Gasteiger partial charge is 0.267 e. The molecule has 1 N–H and O–H groups in total. The van der Waals surface area contributed by atoms with Crippen LogP contribution >= 0.6 is 23.1 Å². The monoisotopic (exact) mass is 296 g/mol. The first-order chi connectivity index (χ1) is 9.08. The molecule has 0 bridgehead atoms. The molecule has 19 heavy (non-hydrogen) atoms. The minimum atomic E-state index is -0.366. The van der Waals surface area contributed by atoms with E-state index in [1.807, 2.05) is 14.0 Å². The fourth-order valence-electron chi connectivity index (χ4n) is 1.28. The Morgan fingerprint density at radius 2 is 2.26 bits per heavy atom. The first-order valence-electron chi connectivity index (χ1n) is 5.44. The van der Waals surface area contributed by atoms with Crippen LogP contribution in [0.5, 0.6) is 0 Å². The highest BCUT2D eigenvalue weighted by Gasteiger charge is 2.13. The molecule has 0 aromatic carbocycles. The van der Waals surface area contributed by atoms with Gasteiger partial charge in [-0.25, -0.2) is 0 Å². The van der Waals surface area contributed by atoms with Gasteiger partial charge in [-0.3, -0.25) is 14.9 Å². The lowest BCUT2D eigenvalue weighted by molar-refractivity contribution is -0.117. The number of aryl methyl sites for hydroxylation is 1. The van der Waals surface area contributed by atoms with Crippen LogP contribution in [0.2, 0.25) is 0 Å². The topological polar surface area (TPSA) is 76.9 Å². The molecule has 0 saturated heterocycles. The van der Waals surface area contributed by atoms with E-state index in [1.165, 1.54) is 23.1 Å². The number of thioether (sulfide) groups is 1. The van der Waals surface area contributed by atoms with Gasteiger partial charge in [0.15, 0.2) is 5.16 Å². The van der Waals surface area contributed by atoms with E-state index in [9.17, 15) is 9.59 Å². The average molecular weight is 296 g/mol. The Bertz CT molecular complexity index is 592. The van der Waals surface area contributed by atoms with Gasteiger partial charge in [0.25, 0.3) is 5.91 Å². The summed E-state index contributed by atoms with van der Waals surface area (Å²) in [7, 11) is 1.83. The molecule has 0 saturated carbocycles. The third-order valence-corrected chi connectivity index (χ3v) is 4.27. The number of aromatic nitrogens is 3. The van der Waals surface area contributed by atoms with Gasteiger partial charge in [0.2, 0.25) is 5.91 Å². The summed E-state index contributed by atoms with van der Waals surface area (Å²) in [4.78, 5) is 23.8. The number of nitrogens with one attached hydrogen (secondary N) is 1. The van der Waals surface area contributed by atoms with Gasteiger partial charge in [-0.05, 0) is 18.4 Å². The Kier molecular flexibility index (Phi) is 4.33. The van der Waals surface area contributed by atoms with E-state index in [2.05, 4.69) is 15.5 Å². The van der Waals surface area contributed by atoms with Crippen molar-refractivity contribution in [2.75, 3.05) is 5.75 Å². The van der Waals surface area contributed by atoms with Crippen molar-refractivity contribution in [2.24, 2.45) is 7.05 Å². The zero-order valence-corrected chi connectivity index (χ0v) is 12.0. The second kappa shape index (κ2) is 5.98. The highest BCUT2D eigenvalue weighted by atomic mass is 32.2. The molecule has 0 unspecified atom stereocenters. The quantitative estimate of drug-likeness (QED) is 0.859. The first-order valence-corrected chi connectivity index (χ1v) is 7.31. The van der Waals surface area contributed by atoms with Crippen molar-refractivity contribution in [3.05, 3.63) is 28.2 Å². The van der Waals surface area contributed by atoms with Crippen LogP contribution in [0.1, 0.15) is 15.5 Å². The molecule has 2 heterocycles. The molecular weight excluding hydrogens is 284 g/mol. The van der Waals surface area contributed by atoms with Gasteiger partial charge >= 0.3 is 0 Å². The second-order valence-electron chi connectivity index (χ2n) is 3.73. The molecule has 0 aliphatic heterocycles. The first kappa shape index (κ1) is 13.8. The highest BCUT2D eigenvalue weighted by molar-refractivity contribution is 7.99. The molecule has 0 spiro atoms. The number of carbonyl (C=O) groups excluding carboxylic acids is 2. The highest BCUT2D eigenvalue weighted by Crippen LogP contribution is 2.15. The summed E-state index contributed by atoms with van der Waals surface area (Å²) in [6.07, 6.45) is 0. The van der Waals surface area contributed by atoms with E-state index in [1.54, 1.807) is 22.1 Å². The summed E-state index contributed by atoms with van der Waals surface area (Å²) >= 11 is 2.54. The molecule has 6 nitrogen and oxygen atoms in total. The predicted molar refractivity (Wildman–Crippen MR) is 73.3 cm³/mol. The van der Waals surface area contributed by atoms with E-state index >= 15 is 0 Å². The van der Waals surface area contributed by atoms with Gasteiger partial charge in [0, 0.05) is 7.05 Å². The molecule has 0 radical (unpaired) electrons. The minimum Gasteiger partial charge on any atom is -0.309 e. The van der Waals surface area contributed by atoms with Gasteiger partial charge in [-0.15, -0.1) is 21.5 Å². The Morgan fingerprint density at radius 3 is 2.84 bits per heavy atom. The summed E-state index contributed by atoms with van der Waals surface area (Å²) in [6, 6.07) is 3.44. The summed E-state index contributed by atoms with van der Waals surface area (Å²) in [5.74, 6) is 0.194. The Morgan fingerprint density at radius 1 is 1.47 bits per heavy atom. The Balaban J connectivity index is 1.85. The minimum absolute atomic E-state index is 0.128. The van der Waals surface area contributed by atoms with Gasteiger partial charge in [-0.2, -0.15) is 0 Å². The summed E-state index contributed by atoms with van der Waals surface area (Å²) in [6.45, 7) is 1.83. The molecule has 2 aromatic heterocycles. The van der Waals surface area contributed by atoms with Gasteiger partial charge < -0.3 is 4.57 Å². The fourth-order valence-corrected chi connectivity index (χ4v) is 2.65. The second-order valence-corrected chi connectivity index (χ2v) is 5.62. The van der Waals surface area contributed by atoms with Crippen LogP contribution in [0.15, 0.2) is 22.7 Å². The number of rotatable bonds is 4. The van der Waals surface area contributed by atoms with Crippen LogP contribution in [0, 0.1) is 6.92 Å². The number of amides is 2. The number of nitrogens with zero attached hydrogens (tertiary/aromatic N) is 3. The summed E-state index contributed by atoms with van der Waals surface area (Å²) in [5.41, 5.74) is 0. The van der Waals surface area contributed by atoms with Crippen LogP contribution in [-0.4, -0.2) is 32.3 Å². The maximum absolute atomic E-state index is 11.6. The maximum Gasteiger partial charge on any atom is 0.267 e. The number of imide groups is 1. The van der Waals surface area contributed by atoms with E-state index in [0.717, 1.165) is 5.82 Å². The Labute approximate surface area is 118 Å². The van der Waals surface area contributed by atoms with Crippen LogP contribution in [0.3, 0.4) is 0 Å². The van der Waals surface area contributed by atoms with Crippen LogP contribution < -0.4 is 5.32 Å². The summed E-state index contributed by atoms with van der Waals surface area (Å²) < 4.78 is 1.79. The van der Waals surface area contributed by atoms with Crippen molar-refractivity contribution in [2.45, 2.75) is 12.1 Å². The number of hydrogen-bond donors (Lipinski definition) is 1. The van der Waals surface area contributed by atoms with Gasteiger partial charge in [-0.1, -0.05) is 17.8 Å². The lowest BCUT2D eigenvalue weighted by atomic mass is 10.4. The van der Waals surface area contributed by atoms with Crippen LogP contribution in [-0.2, 0) is 11.8 Å². The predicted octanol–water partition coefficient (Wildman–Crippen LogP) is 1.23. The standard InChI is InChI=1S/C11H12N4O2S2/c1-7-13-14-11(15(7)2)19-6-9(16)12-10(17)8-4-3-5-18-8/h3-5H,6H2,1-2H3,(H,12,16,17). The molecule has 0 atom stereocenters. The maximum atomic E-state index is 11.6. The fraction of sp³-hybridized carbons (Fsp3) is 0.273. The van der Waals surface area contributed by atoms with Crippen LogP contribution in [0.25, 0.3) is 0 Å². The van der Waals surface area contributed by atoms with Crippen molar-refractivity contribution in [3.8, 4) is 0 Å². The molecule has 0 aliphatic carbocycles. The van der Waals surface area contributed by atoms with E-state index < -0.39 is 0 Å². The SMILES string of the molecule is Cc1nnc(SCC(=O)NC(=O)c2cccs2)n1C. The molecule has 2 amide bonds. The molecule has 0 aliphatic rings. The van der Waals surface area contributed by atoms with E-state index in [-0.39, 0.29) is 17.6 Å². The number of carbonyl (C=O) groups is 2. The van der Waals surface area contributed by atoms with Gasteiger partial charge in [0.1, 0.15) is 5.82 Å². The molecule has 100 valence electrons. The summed E-state index contributed by atoms with van der Waals surface area (Å²) in [5, 5.41) is 12.6. The third kappa shape index (κ3) is 3.42. The molecule has 0 fully saturated rings. The van der Waals surface area contributed by atoms with E-state index in [0.29, 0.717) is 10.0 Å². The molecule has 2 aromatic rings. The molecule has 8 heteroatoms. The van der Waals surface area contributed by atoms with Crippen molar-refractivity contribution >= 4 is 34.9 Å². The van der Waals surface area contributed by atoms with Crippen LogP contribution in [0.4, 0.5) is 0 Å². The van der Waals surface area contributed by atoms with Crippen molar-refractivity contribution in [3.63, 3.8) is 0 Å². The van der Waals surface area contributed by atoms with E-state index in [4.69, 9.17) is 0 Å². The Hall–Kier alpha value is -1.67.